The zero-order valence-corrected chi connectivity index (χ0v) is 12.7. The fourth-order valence-corrected chi connectivity index (χ4v) is 3.75. The normalized spacial score (nSPS) is 15.5. The van der Waals surface area contributed by atoms with Crippen LogP contribution in [-0.4, -0.2) is 24.3 Å². The Balaban J connectivity index is 1.82. The van der Waals surface area contributed by atoms with Crippen molar-refractivity contribution in [3.05, 3.63) is 58.9 Å². The number of rotatable bonds is 3. The van der Waals surface area contributed by atoms with Crippen LogP contribution in [0.3, 0.4) is 0 Å². The van der Waals surface area contributed by atoms with E-state index in [0.29, 0.717) is 24.5 Å². The third-order valence-corrected chi connectivity index (χ3v) is 5.24. The Kier molecular flexibility index (Phi) is 3.84. The summed E-state index contributed by atoms with van der Waals surface area (Å²) in [5.74, 6) is 0. The van der Waals surface area contributed by atoms with Crippen LogP contribution >= 0.6 is 11.6 Å². The highest BCUT2D eigenvalue weighted by atomic mass is 35.5. The summed E-state index contributed by atoms with van der Waals surface area (Å²) in [4.78, 5) is 3.88. The number of anilines is 1. The first-order valence-electron chi connectivity index (χ1n) is 6.50. The molecule has 2 aromatic rings. The van der Waals surface area contributed by atoms with E-state index in [1.807, 2.05) is 24.3 Å². The zero-order chi connectivity index (χ0) is 14.9. The quantitative estimate of drug-likeness (QED) is 0.943. The minimum absolute atomic E-state index is 0.290. The second-order valence-electron chi connectivity index (χ2n) is 4.81. The Labute approximate surface area is 128 Å². The van der Waals surface area contributed by atoms with Gasteiger partial charge in [-0.3, -0.25) is 9.71 Å². The summed E-state index contributed by atoms with van der Waals surface area (Å²) in [5, 5.41) is 0.325. The van der Waals surface area contributed by atoms with Gasteiger partial charge in [-0.05, 0) is 23.6 Å². The van der Waals surface area contributed by atoms with Crippen molar-refractivity contribution in [1.29, 1.82) is 0 Å². The maximum Gasteiger partial charge on any atom is 0.302 e. The summed E-state index contributed by atoms with van der Waals surface area (Å²) in [6.45, 7) is 0.813. The zero-order valence-electron chi connectivity index (χ0n) is 11.2. The molecular formula is C14H14ClN3O2S. The summed E-state index contributed by atoms with van der Waals surface area (Å²) in [6.07, 6.45) is 3.62. The Hall–Kier alpha value is -1.63. The van der Waals surface area contributed by atoms with Crippen LogP contribution in [0.2, 0.25) is 5.02 Å². The molecule has 0 saturated heterocycles. The highest BCUT2D eigenvalue weighted by Gasteiger charge is 2.26. The van der Waals surface area contributed by atoms with Gasteiger partial charge in [-0.1, -0.05) is 35.9 Å². The largest absolute Gasteiger partial charge is 0.302 e. The van der Waals surface area contributed by atoms with E-state index < -0.39 is 10.2 Å². The van der Waals surface area contributed by atoms with Gasteiger partial charge in [-0.2, -0.15) is 12.7 Å². The number of fused-ring (bicyclic) bond motifs is 1. The van der Waals surface area contributed by atoms with Crippen molar-refractivity contribution in [2.75, 3.05) is 11.3 Å². The molecule has 0 radical (unpaired) electrons. The van der Waals surface area contributed by atoms with Gasteiger partial charge in [-0.25, -0.2) is 0 Å². The first-order chi connectivity index (χ1) is 10.1. The van der Waals surface area contributed by atoms with Crippen LogP contribution in [0.25, 0.3) is 0 Å². The molecule has 0 unspecified atom stereocenters. The van der Waals surface area contributed by atoms with E-state index in [1.54, 1.807) is 6.07 Å². The summed E-state index contributed by atoms with van der Waals surface area (Å²) >= 11 is 5.96. The molecule has 5 nitrogen and oxygen atoms in total. The fraction of sp³-hybridized carbons (Fsp3) is 0.214. The van der Waals surface area contributed by atoms with E-state index in [2.05, 4.69) is 9.71 Å². The van der Waals surface area contributed by atoms with Crippen molar-refractivity contribution in [2.45, 2.75) is 13.0 Å². The molecule has 0 bridgehead atoms. The predicted molar refractivity (Wildman–Crippen MR) is 82.3 cm³/mol. The van der Waals surface area contributed by atoms with Gasteiger partial charge in [0.2, 0.25) is 0 Å². The summed E-state index contributed by atoms with van der Waals surface area (Å²) in [6, 6.07) is 9.42. The number of hydrogen-bond acceptors (Lipinski definition) is 3. The molecule has 0 atom stereocenters. The van der Waals surface area contributed by atoms with Crippen LogP contribution in [0.4, 0.5) is 5.69 Å². The molecule has 1 aliphatic rings. The molecule has 0 amide bonds. The van der Waals surface area contributed by atoms with Crippen LogP contribution in [0, 0.1) is 0 Å². The van der Waals surface area contributed by atoms with E-state index >= 15 is 0 Å². The average molecular weight is 324 g/mol. The molecule has 1 aliphatic heterocycles. The maximum atomic E-state index is 12.4. The standard InChI is InChI=1S/C14H14ClN3O2S/c15-13-5-7-16-9-14(13)17-21(19,20)18-8-6-11-3-1-2-4-12(11)10-18/h1-5,7,9,17H,6,8,10H2. The second-order valence-corrected chi connectivity index (χ2v) is 6.89. The second kappa shape index (κ2) is 5.63. The Morgan fingerprint density at radius 3 is 2.71 bits per heavy atom. The van der Waals surface area contributed by atoms with Gasteiger partial charge in [0.25, 0.3) is 0 Å². The third-order valence-electron chi connectivity index (χ3n) is 3.44. The van der Waals surface area contributed by atoms with Gasteiger partial charge in [0, 0.05) is 19.3 Å². The number of hydrogen-bond donors (Lipinski definition) is 1. The minimum atomic E-state index is -3.64. The van der Waals surface area contributed by atoms with Crippen molar-refractivity contribution in [1.82, 2.24) is 9.29 Å². The van der Waals surface area contributed by atoms with Crippen molar-refractivity contribution in [3.63, 3.8) is 0 Å². The van der Waals surface area contributed by atoms with Crippen molar-refractivity contribution < 1.29 is 8.42 Å². The van der Waals surface area contributed by atoms with Crippen molar-refractivity contribution in [3.8, 4) is 0 Å². The molecule has 0 spiro atoms. The molecular weight excluding hydrogens is 310 g/mol. The Morgan fingerprint density at radius 1 is 1.19 bits per heavy atom. The SMILES string of the molecule is O=S(=O)(Nc1cnccc1Cl)N1CCc2ccccc2C1. The van der Waals surface area contributed by atoms with E-state index in [0.717, 1.165) is 5.56 Å². The lowest BCUT2D eigenvalue weighted by atomic mass is 10.0. The lowest BCUT2D eigenvalue weighted by Gasteiger charge is -2.28. The molecule has 0 aliphatic carbocycles. The van der Waals surface area contributed by atoms with Gasteiger partial charge in [0.1, 0.15) is 0 Å². The molecule has 1 N–H and O–H groups in total. The van der Waals surface area contributed by atoms with Gasteiger partial charge in [0.05, 0.1) is 16.9 Å². The Bertz CT molecular complexity index is 764. The highest BCUT2D eigenvalue weighted by molar-refractivity contribution is 7.90. The van der Waals surface area contributed by atoms with Gasteiger partial charge in [0.15, 0.2) is 0 Å². The van der Waals surface area contributed by atoms with Gasteiger partial charge < -0.3 is 0 Å². The van der Waals surface area contributed by atoms with Crippen LogP contribution in [0.1, 0.15) is 11.1 Å². The monoisotopic (exact) mass is 323 g/mol. The van der Waals surface area contributed by atoms with Gasteiger partial charge >= 0.3 is 10.2 Å². The van der Waals surface area contributed by atoms with Crippen LogP contribution in [-0.2, 0) is 23.2 Å². The summed E-state index contributed by atoms with van der Waals surface area (Å²) in [5.41, 5.74) is 2.52. The smallest absolute Gasteiger partial charge is 0.268 e. The number of benzene rings is 1. The molecule has 21 heavy (non-hydrogen) atoms. The first-order valence-corrected chi connectivity index (χ1v) is 8.32. The number of aromatic nitrogens is 1. The summed E-state index contributed by atoms with van der Waals surface area (Å²) < 4.78 is 28.8. The maximum absolute atomic E-state index is 12.4. The van der Waals surface area contributed by atoms with Crippen LogP contribution in [0.5, 0.6) is 0 Å². The fourth-order valence-electron chi connectivity index (χ4n) is 2.33. The lowest BCUT2D eigenvalue weighted by molar-refractivity contribution is 0.394. The van der Waals surface area contributed by atoms with Crippen molar-refractivity contribution >= 4 is 27.5 Å². The molecule has 1 aromatic heterocycles. The number of nitrogens with zero attached hydrogens (tertiary/aromatic N) is 2. The van der Waals surface area contributed by atoms with Crippen molar-refractivity contribution in [2.24, 2.45) is 0 Å². The molecule has 0 fully saturated rings. The average Bonchev–Trinajstić information content (AvgIpc) is 2.49. The van der Waals surface area contributed by atoms with Crippen LogP contribution in [0.15, 0.2) is 42.7 Å². The third kappa shape index (κ3) is 3.02. The van der Waals surface area contributed by atoms with E-state index in [9.17, 15) is 8.42 Å². The number of halogens is 1. The molecule has 7 heteroatoms. The predicted octanol–water partition coefficient (Wildman–Crippen LogP) is 2.45. The number of nitrogens with one attached hydrogen (secondary N) is 1. The topological polar surface area (TPSA) is 62.3 Å². The number of pyridine rings is 1. The molecule has 0 saturated carbocycles. The van der Waals surface area contributed by atoms with Gasteiger partial charge in [-0.15, -0.1) is 0 Å². The molecule has 1 aromatic carbocycles. The van der Waals surface area contributed by atoms with E-state index in [-0.39, 0.29) is 5.69 Å². The van der Waals surface area contributed by atoms with E-state index in [1.165, 1.54) is 22.3 Å². The summed E-state index contributed by atoms with van der Waals surface area (Å²) in [7, 11) is -3.64. The Morgan fingerprint density at radius 2 is 1.95 bits per heavy atom. The lowest BCUT2D eigenvalue weighted by Crippen LogP contribution is -2.39. The van der Waals surface area contributed by atoms with E-state index in [4.69, 9.17) is 11.6 Å². The highest BCUT2D eigenvalue weighted by Crippen LogP contribution is 2.24. The minimum Gasteiger partial charge on any atom is -0.268 e. The molecule has 110 valence electrons. The molecule has 3 rings (SSSR count). The van der Waals surface area contributed by atoms with Crippen LogP contribution < -0.4 is 4.72 Å². The first kappa shape index (κ1) is 14.3. The molecule has 2 heterocycles.